The zero-order valence-corrected chi connectivity index (χ0v) is 12.8. The van der Waals surface area contributed by atoms with Gasteiger partial charge in [0.25, 0.3) is 0 Å². The van der Waals surface area contributed by atoms with E-state index in [2.05, 4.69) is 75.1 Å². The third-order valence-electron chi connectivity index (χ3n) is 3.51. The van der Waals surface area contributed by atoms with Crippen molar-refractivity contribution in [2.45, 2.75) is 20.8 Å². The van der Waals surface area contributed by atoms with E-state index in [0.29, 0.717) is 0 Å². The van der Waals surface area contributed by atoms with E-state index in [1.807, 2.05) is 11.3 Å². The topological polar surface area (TPSA) is 0 Å². The van der Waals surface area contributed by atoms with Gasteiger partial charge in [0.05, 0.1) is 0 Å². The van der Waals surface area contributed by atoms with Crippen LogP contribution in [0.5, 0.6) is 0 Å². The maximum atomic E-state index is 3.34. The molecule has 1 heterocycles. The van der Waals surface area contributed by atoms with Gasteiger partial charge in [-0.2, -0.15) is 0 Å². The Morgan fingerprint density at radius 2 is 1.50 bits per heavy atom. The van der Waals surface area contributed by atoms with Crippen molar-refractivity contribution in [2.24, 2.45) is 0 Å². The van der Waals surface area contributed by atoms with E-state index in [-0.39, 0.29) is 0 Å². The molecule has 0 spiro atoms. The van der Waals surface area contributed by atoms with Gasteiger partial charge in [0.15, 0.2) is 0 Å². The van der Waals surface area contributed by atoms with Crippen molar-refractivity contribution in [2.75, 3.05) is 0 Å². The lowest BCUT2D eigenvalue weighted by molar-refractivity contribution is 1.52. The summed E-state index contributed by atoms with van der Waals surface area (Å²) in [6.07, 6.45) is 0. The summed E-state index contributed by atoms with van der Waals surface area (Å²) >= 11 is 1.81. The lowest BCUT2D eigenvalue weighted by atomic mass is 10.0. The quantitative estimate of drug-likeness (QED) is 0.493. The van der Waals surface area contributed by atoms with Gasteiger partial charge in [0, 0.05) is 20.9 Å². The van der Waals surface area contributed by atoms with E-state index in [1.54, 1.807) is 0 Å². The first-order chi connectivity index (χ1) is 9.65. The molecule has 0 atom stereocenters. The molecule has 0 aliphatic carbocycles. The van der Waals surface area contributed by atoms with Crippen molar-refractivity contribution in [1.29, 1.82) is 0 Å². The third-order valence-corrected chi connectivity index (χ3v) is 4.48. The van der Waals surface area contributed by atoms with Gasteiger partial charge in [0.2, 0.25) is 0 Å². The van der Waals surface area contributed by atoms with Crippen LogP contribution in [0.4, 0.5) is 0 Å². The molecule has 0 aliphatic rings. The predicted molar refractivity (Wildman–Crippen MR) is 88.5 cm³/mol. The molecule has 0 fully saturated rings. The van der Waals surface area contributed by atoms with E-state index in [1.165, 1.54) is 26.1 Å². The summed E-state index contributed by atoms with van der Waals surface area (Å²) in [4.78, 5) is 2.62. The van der Waals surface area contributed by atoms with Crippen LogP contribution in [0.15, 0.2) is 42.5 Å². The molecule has 2 aromatic carbocycles. The third kappa shape index (κ3) is 2.35. The fourth-order valence-electron chi connectivity index (χ4n) is 2.45. The maximum absolute atomic E-state index is 3.34. The molecule has 1 aromatic heterocycles. The highest BCUT2D eigenvalue weighted by Gasteiger charge is 2.02. The van der Waals surface area contributed by atoms with Gasteiger partial charge in [-0.1, -0.05) is 42.2 Å². The van der Waals surface area contributed by atoms with Gasteiger partial charge in [-0.05, 0) is 49.2 Å². The largest absolute Gasteiger partial charge is 0.145 e. The second-order valence-electron chi connectivity index (χ2n) is 5.05. The van der Waals surface area contributed by atoms with Crippen LogP contribution in [0, 0.1) is 32.6 Å². The van der Waals surface area contributed by atoms with Crippen LogP contribution < -0.4 is 0 Å². The van der Waals surface area contributed by atoms with Crippen LogP contribution in [0.1, 0.15) is 26.4 Å². The standard InChI is InChI=1S/C19H16S/c1-13-8-9-16(19-7-5-4-6-18(13)19)10-11-17-12-14(2)20-15(17)3/h4-9,12H,1-3H3. The lowest BCUT2D eigenvalue weighted by Gasteiger charge is -2.03. The summed E-state index contributed by atoms with van der Waals surface area (Å²) < 4.78 is 0. The Bertz CT molecular complexity index is 841. The summed E-state index contributed by atoms with van der Waals surface area (Å²) in [5, 5.41) is 2.53. The zero-order valence-electron chi connectivity index (χ0n) is 11.9. The maximum Gasteiger partial charge on any atom is 0.0388 e. The molecule has 0 saturated heterocycles. The van der Waals surface area contributed by atoms with Crippen molar-refractivity contribution >= 4 is 22.1 Å². The molecule has 0 radical (unpaired) electrons. The van der Waals surface area contributed by atoms with Crippen molar-refractivity contribution in [3.63, 3.8) is 0 Å². The predicted octanol–water partition coefficient (Wildman–Crippen LogP) is 5.23. The molecule has 0 nitrogen and oxygen atoms in total. The van der Waals surface area contributed by atoms with Crippen LogP contribution in [0.3, 0.4) is 0 Å². The Morgan fingerprint density at radius 1 is 0.800 bits per heavy atom. The first-order valence-corrected chi connectivity index (χ1v) is 7.54. The number of hydrogen-bond donors (Lipinski definition) is 0. The summed E-state index contributed by atoms with van der Waals surface area (Å²) in [7, 11) is 0. The van der Waals surface area contributed by atoms with Crippen LogP contribution in [-0.4, -0.2) is 0 Å². The van der Waals surface area contributed by atoms with Crippen LogP contribution in [0.2, 0.25) is 0 Å². The van der Waals surface area contributed by atoms with E-state index in [0.717, 1.165) is 11.1 Å². The monoisotopic (exact) mass is 276 g/mol. The Balaban J connectivity index is 2.13. The van der Waals surface area contributed by atoms with Crippen molar-refractivity contribution in [1.82, 2.24) is 0 Å². The van der Waals surface area contributed by atoms with Gasteiger partial charge < -0.3 is 0 Å². The van der Waals surface area contributed by atoms with Gasteiger partial charge in [-0.25, -0.2) is 0 Å². The van der Waals surface area contributed by atoms with Gasteiger partial charge >= 0.3 is 0 Å². The highest BCUT2D eigenvalue weighted by atomic mass is 32.1. The van der Waals surface area contributed by atoms with Gasteiger partial charge in [-0.15, -0.1) is 11.3 Å². The summed E-state index contributed by atoms with van der Waals surface area (Å²) in [6, 6.07) is 14.9. The molecule has 0 amide bonds. The minimum absolute atomic E-state index is 1.11. The fourth-order valence-corrected chi connectivity index (χ4v) is 3.33. The average molecular weight is 276 g/mol. The van der Waals surface area contributed by atoms with E-state index in [4.69, 9.17) is 0 Å². The minimum Gasteiger partial charge on any atom is -0.145 e. The number of hydrogen-bond acceptors (Lipinski definition) is 1. The van der Waals surface area contributed by atoms with Crippen LogP contribution in [0.25, 0.3) is 10.8 Å². The molecule has 0 N–H and O–H groups in total. The number of fused-ring (bicyclic) bond motifs is 1. The molecule has 98 valence electrons. The van der Waals surface area contributed by atoms with E-state index < -0.39 is 0 Å². The Kier molecular flexibility index (Phi) is 3.34. The molecule has 0 aliphatic heterocycles. The minimum atomic E-state index is 1.11. The molecule has 0 saturated carbocycles. The average Bonchev–Trinajstić information content (AvgIpc) is 2.77. The van der Waals surface area contributed by atoms with E-state index >= 15 is 0 Å². The number of rotatable bonds is 0. The Morgan fingerprint density at radius 3 is 2.20 bits per heavy atom. The van der Waals surface area contributed by atoms with E-state index in [9.17, 15) is 0 Å². The van der Waals surface area contributed by atoms with Crippen molar-refractivity contribution in [3.05, 3.63) is 68.9 Å². The molecule has 0 unspecified atom stereocenters. The van der Waals surface area contributed by atoms with Gasteiger partial charge in [0.1, 0.15) is 0 Å². The smallest absolute Gasteiger partial charge is 0.0388 e. The Hall–Kier alpha value is -2.04. The van der Waals surface area contributed by atoms with Crippen LogP contribution in [-0.2, 0) is 0 Å². The van der Waals surface area contributed by atoms with Gasteiger partial charge in [-0.3, -0.25) is 0 Å². The highest BCUT2D eigenvalue weighted by Crippen LogP contribution is 2.23. The first-order valence-electron chi connectivity index (χ1n) is 6.72. The molecular formula is C19H16S. The second-order valence-corrected chi connectivity index (χ2v) is 6.51. The normalized spacial score (nSPS) is 10.3. The Labute approximate surface area is 124 Å². The SMILES string of the molecule is Cc1cc(C#Cc2ccc(C)c3ccccc23)c(C)s1. The zero-order chi connectivity index (χ0) is 14.1. The highest BCUT2D eigenvalue weighted by molar-refractivity contribution is 7.12. The number of benzene rings is 2. The number of thiophene rings is 1. The second kappa shape index (κ2) is 5.15. The molecular weight excluding hydrogens is 260 g/mol. The molecule has 0 bridgehead atoms. The lowest BCUT2D eigenvalue weighted by Crippen LogP contribution is -1.83. The summed E-state index contributed by atoms with van der Waals surface area (Å²) in [5.41, 5.74) is 3.56. The fraction of sp³-hybridized carbons (Fsp3) is 0.158. The summed E-state index contributed by atoms with van der Waals surface area (Å²) in [6.45, 7) is 6.41. The molecule has 1 heteroatoms. The number of aryl methyl sites for hydroxylation is 3. The molecule has 20 heavy (non-hydrogen) atoms. The molecule has 3 aromatic rings. The summed E-state index contributed by atoms with van der Waals surface area (Å²) in [5.74, 6) is 6.66. The van der Waals surface area contributed by atoms with Crippen LogP contribution >= 0.6 is 11.3 Å². The first kappa shape index (κ1) is 13.0. The van der Waals surface area contributed by atoms with Crippen molar-refractivity contribution in [3.8, 4) is 11.8 Å². The van der Waals surface area contributed by atoms with Crippen molar-refractivity contribution < 1.29 is 0 Å². The molecule has 3 rings (SSSR count).